The minimum atomic E-state index is -0.351. The molecule has 0 aliphatic carbocycles. The van der Waals surface area contributed by atoms with Gasteiger partial charge < -0.3 is 16.0 Å². The van der Waals surface area contributed by atoms with Crippen molar-refractivity contribution >= 4 is 17.6 Å². The van der Waals surface area contributed by atoms with Gasteiger partial charge in [0, 0.05) is 16.6 Å². The maximum atomic E-state index is 9.41. The van der Waals surface area contributed by atoms with E-state index in [1.165, 1.54) is 0 Å². The number of aliphatic hydroxyl groups excluding tert-OH is 1. The number of rotatable bonds is 5. The van der Waals surface area contributed by atoms with Gasteiger partial charge in [0.15, 0.2) is 5.84 Å². The van der Waals surface area contributed by atoms with Crippen LogP contribution in [-0.4, -0.2) is 27.5 Å². The second-order valence-corrected chi connectivity index (χ2v) is 5.26. The van der Waals surface area contributed by atoms with Gasteiger partial charge in [-0.15, -0.1) is 0 Å². The predicted octanol–water partition coefficient (Wildman–Crippen LogP) is 1.78. The predicted molar refractivity (Wildman–Crippen MR) is 71.4 cm³/mol. The Morgan fingerprint density at radius 2 is 2.06 bits per heavy atom. The first-order valence-corrected chi connectivity index (χ1v) is 6.46. The first kappa shape index (κ1) is 13.9. The van der Waals surface area contributed by atoms with E-state index in [0.717, 1.165) is 16.9 Å². The number of oxime groups is 1. The lowest BCUT2D eigenvalue weighted by atomic mass is 10.1. The van der Waals surface area contributed by atoms with E-state index in [0.29, 0.717) is 0 Å². The summed E-state index contributed by atoms with van der Waals surface area (Å²) in [6, 6.07) is 7.52. The van der Waals surface area contributed by atoms with Gasteiger partial charge in [-0.3, -0.25) is 0 Å². The van der Waals surface area contributed by atoms with Gasteiger partial charge in [0.25, 0.3) is 0 Å². The highest BCUT2D eigenvalue weighted by molar-refractivity contribution is 7.99. The van der Waals surface area contributed by atoms with Crippen LogP contribution in [0.25, 0.3) is 0 Å². The van der Waals surface area contributed by atoms with E-state index < -0.39 is 0 Å². The van der Waals surface area contributed by atoms with Gasteiger partial charge in [0.05, 0.1) is 6.10 Å². The molecule has 0 fully saturated rings. The molecule has 2 unspecified atom stereocenters. The normalized spacial score (nSPS) is 15.6. The summed E-state index contributed by atoms with van der Waals surface area (Å²) in [7, 11) is 0. The Labute approximate surface area is 106 Å². The van der Waals surface area contributed by atoms with Crippen LogP contribution >= 0.6 is 11.8 Å². The van der Waals surface area contributed by atoms with Crippen molar-refractivity contribution in [3.05, 3.63) is 35.4 Å². The quantitative estimate of drug-likeness (QED) is 0.324. The van der Waals surface area contributed by atoms with Crippen molar-refractivity contribution in [1.29, 1.82) is 0 Å². The molecule has 0 aromatic heterocycles. The van der Waals surface area contributed by atoms with E-state index in [1.807, 2.05) is 31.2 Å². The molecule has 0 radical (unpaired) electrons. The smallest absolute Gasteiger partial charge is 0.170 e. The van der Waals surface area contributed by atoms with Gasteiger partial charge in [-0.05, 0) is 12.5 Å². The zero-order chi connectivity index (χ0) is 12.8. The monoisotopic (exact) mass is 254 g/mol. The Bertz CT molecular complexity index is 394. The minimum Gasteiger partial charge on any atom is -0.409 e. The van der Waals surface area contributed by atoms with Crippen molar-refractivity contribution in [2.45, 2.75) is 31.0 Å². The highest BCUT2D eigenvalue weighted by Gasteiger charge is 2.11. The van der Waals surface area contributed by atoms with Crippen LogP contribution in [0.5, 0.6) is 0 Å². The van der Waals surface area contributed by atoms with Crippen LogP contribution in [0.3, 0.4) is 0 Å². The largest absolute Gasteiger partial charge is 0.409 e. The zero-order valence-corrected chi connectivity index (χ0v) is 10.8. The molecular weight excluding hydrogens is 236 g/mol. The van der Waals surface area contributed by atoms with Crippen molar-refractivity contribution < 1.29 is 10.3 Å². The molecule has 0 bridgehead atoms. The molecule has 94 valence electrons. The van der Waals surface area contributed by atoms with E-state index in [1.54, 1.807) is 18.7 Å². The van der Waals surface area contributed by atoms with Crippen LogP contribution in [0.2, 0.25) is 0 Å². The van der Waals surface area contributed by atoms with Crippen LogP contribution in [0, 0.1) is 0 Å². The van der Waals surface area contributed by atoms with E-state index >= 15 is 0 Å². The third kappa shape index (κ3) is 3.94. The molecule has 2 atom stereocenters. The molecule has 4 N–H and O–H groups in total. The summed E-state index contributed by atoms with van der Waals surface area (Å²) >= 11 is 1.64. The Hall–Kier alpha value is -1.20. The zero-order valence-electron chi connectivity index (χ0n) is 10.00. The second kappa shape index (κ2) is 6.51. The Kier molecular flexibility index (Phi) is 5.31. The van der Waals surface area contributed by atoms with Crippen molar-refractivity contribution in [2.75, 3.05) is 0 Å². The molecule has 0 aliphatic heterocycles. The molecule has 0 aliphatic rings. The maximum absolute atomic E-state index is 9.41. The van der Waals surface area contributed by atoms with E-state index in [9.17, 15) is 5.11 Å². The number of thioether (sulfide) groups is 1. The number of hydrogen-bond acceptors (Lipinski definition) is 4. The summed E-state index contributed by atoms with van der Waals surface area (Å²) in [4.78, 5) is 0. The van der Waals surface area contributed by atoms with Gasteiger partial charge in [0.2, 0.25) is 0 Å². The Morgan fingerprint density at radius 3 is 2.65 bits per heavy atom. The van der Waals surface area contributed by atoms with Gasteiger partial charge in [-0.1, -0.05) is 36.3 Å². The summed E-state index contributed by atoms with van der Waals surface area (Å²) < 4.78 is 0. The summed E-state index contributed by atoms with van der Waals surface area (Å²) in [6.07, 6.45) is -0.351. The van der Waals surface area contributed by atoms with Crippen LogP contribution in [0.15, 0.2) is 29.4 Å². The van der Waals surface area contributed by atoms with Crippen LogP contribution in [-0.2, 0) is 5.75 Å². The molecule has 1 rings (SSSR count). The number of benzene rings is 1. The summed E-state index contributed by atoms with van der Waals surface area (Å²) in [5.41, 5.74) is 7.34. The van der Waals surface area contributed by atoms with E-state index in [4.69, 9.17) is 10.9 Å². The van der Waals surface area contributed by atoms with Gasteiger partial charge in [0.1, 0.15) is 0 Å². The van der Waals surface area contributed by atoms with Crippen molar-refractivity contribution in [1.82, 2.24) is 0 Å². The van der Waals surface area contributed by atoms with Gasteiger partial charge in [-0.25, -0.2) is 0 Å². The van der Waals surface area contributed by atoms with E-state index in [-0.39, 0.29) is 17.2 Å². The highest BCUT2D eigenvalue weighted by Crippen LogP contribution is 2.22. The van der Waals surface area contributed by atoms with Crippen molar-refractivity contribution in [3.8, 4) is 0 Å². The van der Waals surface area contributed by atoms with Gasteiger partial charge in [-0.2, -0.15) is 11.8 Å². The Balaban J connectivity index is 2.78. The first-order valence-electron chi connectivity index (χ1n) is 5.41. The molecule has 0 amide bonds. The molecule has 17 heavy (non-hydrogen) atoms. The molecule has 1 aromatic rings. The van der Waals surface area contributed by atoms with Crippen molar-refractivity contribution in [3.63, 3.8) is 0 Å². The SMILES string of the molecule is CC(O)C(C)SCc1ccccc1/C(N)=N/O. The first-order chi connectivity index (χ1) is 8.06. The fourth-order valence-electron chi connectivity index (χ4n) is 1.31. The lowest BCUT2D eigenvalue weighted by Gasteiger charge is -2.15. The number of aliphatic hydroxyl groups is 1. The lowest BCUT2D eigenvalue weighted by Crippen LogP contribution is -2.17. The van der Waals surface area contributed by atoms with Crippen LogP contribution < -0.4 is 5.73 Å². The molecule has 1 aromatic carbocycles. The second-order valence-electron chi connectivity index (χ2n) is 3.90. The standard InChI is InChI=1S/C12H18N2O2S/c1-8(15)9(2)17-7-10-5-3-4-6-11(10)12(13)14-16/h3-6,8-9,15-16H,7H2,1-2H3,(H2,13,14). The number of nitrogens with zero attached hydrogens (tertiary/aromatic N) is 1. The van der Waals surface area contributed by atoms with Crippen molar-refractivity contribution in [2.24, 2.45) is 10.9 Å². The summed E-state index contributed by atoms with van der Waals surface area (Å²) in [6.45, 7) is 3.74. The number of nitrogens with two attached hydrogens (primary N) is 1. The summed E-state index contributed by atoms with van der Waals surface area (Å²) in [5.74, 6) is 0.837. The van der Waals surface area contributed by atoms with Crippen LogP contribution in [0.1, 0.15) is 25.0 Å². The molecule has 0 spiro atoms. The highest BCUT2D eigenvalue weighted by atomic mass is 32.2. The average Bonchev–Trinajstić information content (AvgIpc) is 2.35. The minimum absolute atomic E-state index is 0.117. The number of amidine groups is 1. The maximum Gasteiger partial charge on any atom is 0.170 e. The molecule has 0 heterocycles. The average molecular weight is 254 g/mol. The Morgan fingerprint density at radius 1 is 1.41 bits per heavy atom. The third-order valence-corrected chi connectivity index (χ3v) is 3.98. The topological polar surface area (TPSA) is 78.8 Å². The summed E-state index contributed by atoms with van der Waals surface area (Å²) in [5, 5.41) is 21.3. The molecule has 0 saturated heterocycles. The van der Waals surface area contributed by atoms with Crippen LogP contribution in [0.4, 0.5) is 0 Å². The fraction of sp³-hybridized carbons (Fsp3) is 0.417. The fourth-order valence-corrected chi connectivity index (χ4v) is 2.28. The third-order valence-electron chi connectivity index (χ3n) is 2.58. The molecule has 0 saturated carbocycles. The molecule has 4 nitrogen and oxygen atoms in total. The number of hydrogen-bond donors (Lipinski definition) is 3. The van der Waals surface area contributed by atoms with Gasteiger partial charge >= 0.3 is 0 Å². The lowest BCUT2D eigenvalue weighted by molar-refractivity contribution is 0.196. The van der Waals surface area contributed by atoms with E-state index in [2.05, 4.69) is 5.16 Å². The molecule has 5 heteroatoms. The molecular formula is C12H18N2O2S.